The van der Waals surface area contributed by atoms with Crippen molar-refractivity contribution in [1.29, 1.82) is 0 Å². The summed E-state index contributed by atoms with van der Waals surface area (Å²) >= 11 is 4.85. The van der Waals surface area contributed by atoms with Crippen LogP contribution in [0.25, 0.3) is 11.0 Å². The van der Waals surface area contributed by atoms with Crippen LogP contribution in [-0.4, -0.2) is 10.4 Å². The lowest BCUT2D eigenvalue weighted by molar-refractivity contribution is -0.642. The van der Waals surface area contributed by atoms with Crippen molar-refractivity contribution in [2.45, 2.75) is 26.4 Å². The fourth-order valence-electron chi connectivity index (χ4n) is 2.62. The van der Waals surface area contributed by atoms with E-state index < -0.39 is 0 Å². The van der Waals surface area contributed by atoms with Crippen LogP contribution in [0.3, 0.4) is 0 Å². The molecule has 6 heteroatoms. The SMILES string of the molecule is CCCn1c(N)[n+](CC(=O)c2ccc(Br)s2)c2ccccc21. The Kier molecular flexibility index (Phi) is 4.31. The highest BCUT2D eigenvalue weighted by molar-refractivity contribution is 9.11. The van der Waals surface area contributed by atoms with Crippen LogP contribution < -0.4 is 10.3 Å². The molecule has 0 atom stereocenters. The van der Waals surface area contributed by atoms with E-state index in [2.05, 4.69) is 27.4 Å². The van der Waals surface area contributed by atoms with Crippen LogP contribution in [-0.2, 0) is 13.1 Å². The van der Waals surface area contributed by atoms with E-state index in [9.17, 15) is 4.79 Å². The molecule has 0 aliphatic heterocycles. The van der Waals surface area contributed by atoms with Gasteiger partial charge in [-0.3, -0.25) is 10.5 Å². The fourth-order valence-corrected chi connectivity index (χ4v) is 3.94. The molecule has 114 valence electrons. The Morgan fingerprint density at radius 3 is 2.77 bits per heavy atom. The van der Waals surface area contributed by atoms with E-state index in [0.717, 1.165) is 32.7 Å². The first-order chi connectivity index (χ1) is 10.6. The lowest BCUT2D eigenvalue weighted by Gasteiger charge is -2.00. The van der Waals surface area contributed by atoms with E-state index in [1.165, 1.54) is 11.3 Å². The molecule has 0 unspecified atom stereocenters. The van der Waals surface area contributed by atoms with Gasteiger partial charge in [0.05, 0.1) is 15.2 Å². The molecule has 0 spiro atoms. The summed E-state index contributed by atoms with van der Waals surface area (Å²) in [5, 5.41) is 0. The lowest BCUT2D eigenvalue weighted by atomic mass is 10.3. The zero-order valence-corrected chi connectivity index (χ0v) is 14.7. The second kappa shape index (κ2) is 6.22. The van der Waals surface area contributed by atoms with E-state index >= 15 is 0 Å². The number of imidazole rings is 1. The van der Waals surface area contributed by atoms with Crippen LogP contribution in [0.2, 0.25) is 0 Å². The Labute approximate surface area is 141 Å². The number of nitrogens with two attached hydrogens (primary N) is 1. The molecule has 0 saturated heterocycles. The number of ketones is 1. The molecule has 3 aromatic rings. The Morgan fingerprint density at radius 1 is 1.32 bits per heavy atom. The number of hydrogen-bond acceptors (Lipinski definition) is 3. The minimum absolute atomic E-state index is 0.0757. The molecule has 1 aromatic carbocycles. The molecule has 0 aliphatic carbocycles. The molecule has 0 bridgehead atoms. The molecule has 0 radical (unpaired) electrons. The highest BCUT2D eigenvalue weighted by Gasteiger charge is 2.23. The highest BCUT2D eigenvalue weighted by Crippen LogP contribution is 2.23. The third-order valence-electron chi connectivity index (χ3n) is 3.61. The van der Waals surface area contributed by atoms with Crippen LogP contribution in [0, 0.1) is 0 Å². The zero-order valence-electron chi connectivity index (χ0n) is 12.3. The number of fused-ring (bicyclic) bond motifs is 1. The topological polar surface area (TPSA) is 51.9 Å². The molecular weight excluding hydrogens is 362 g/mol. The quantitative estimate of drug-likeness (QED) is 0.544. The normalized spacial score (nSPS) is 11.2. The van der Waals surface area contributed by atoms with E-state index in [4.69, 9.17) is 5.73 Å². The minimum Gasteiger partial charge on any atom is -0.290 e. The number of anilines is 1. The molecule has 0 aliphatic rings. The molecule has 4 nitrogen and oxygen atoms in total. The van der Waals surface area contributed by atoms with Crippen molar-refractivity contribution in [3.63, 3.8) is 0 Å². The molecule has 0 fully saturated rings. The Hall–Kier alpha value is -1.66. The standard InChI is InChI=1S/C16H16BrN3OS/c1-2-9-19-11-5-3-4-6-12(11)20(16(19)18)10-13(21)14-7-8-15(17)22-14/h3-8,18H,2,9-10H2,1H3/p+1. The van der Waals surface area contributed by atoms with Crippen molar-refractivity contribution in [3.8, 4) is 0 Å². The van der Waals surface area contributed by atoms with E-state index in [0.29, 0.717) is 5.95 Å². The van der Waals surface area contributed by atoms with E-state index in [-0.39, 0.29) is 12.3 Å². The van der Waals surface area contributed by atoms with Crippen molar-refractivity contribution < 1.29 is 9.36 Å². The first-order valence-corrected chi connectivity index (χ1v) is 8.78. The first kappa shape index (κ1) is 15.2. The monoisotopic (exact) mass is 378 g/mol. The Morgan fingerprint density at radius 2 is 2.09 bits per heavy atom. The van der Waals surface area contributed by atoms with Crippen molar-refractivity contribution in [2.24, 2.45) is 0 Å². The average Bonchev–Trinajstić information content (AvgIpc) is 3.05. The second-order valence-electron chi connectivity index (χ2n) is 5.11. The summed E-state index contributed by atoms with van der Waals surface area (Å²) < 4.78 is 4.94. The maximum absolute atomic E-state index is 12.5. The summed E-state index contributed by atoms with van der Waals surface area (Å²) in [6.07, 6.45) is 0.995. The first-order valence-electron chi connectivity index (χ1n) is 7.17. The molecule has 3 rings (SSSR count). The van der Waals surface area contributed by atoms with Gasteiger partial charge in [-0.1, -0.05) is 19.1 Å². The number of nitrogen functional groups attached to an aromatic ring is 1. The number of rotatable bonds is 5. The van der Waals surface area contributed by atoms with Crippen molar-refractivity contribution in [1.82, 2.24) is 4.57 Å². The highest BCUT2D eigenvalue weighted by atomic mass is 79.9. The van der Waals surface area contributed by atoms with Gasteiger partial charge in [0.25, 0.3) is 0 Å². The molecule has 2 aromatic heterocycles. The molecule has 2 N–H and O–H groups in total. The van der Waals surface area contributed by atoms with E-state index in [1.807, 2.05) is 41.0 Å². The zero-order chi connectivity index (χ0) is 15.7. The molecule has 0 saturated carbocycles. The number of para-hydroxylation sites is 2. The number of carbonyl (C=O) groups is 1. The third kappa shape index (κ3) is 2.68. The molecular formula is C16H17BrN3OS+. The van der Waals surface area contributed by atoms with Gasteiger partial charge < -0.3 is 0 Å². The van der Waals surface area contributed by atoms with Gasteiger partial charge in [-0.25, -0.2) is 9.13 Å². The van der Waals surface area contributed by atoms with E-state index in [1.54, 1.807) is 0 Å². The van der Waals surface area contributed by atoms with Crippen molar-refractivity contribution in [2.75, 3.05) is 5.73 Å². The van der Waals surface area contributed by atoms with Crippen LogP contribution in [0.4, 0.5) is 5.95 Å². The van der Waals surface area contributed by atoms with Gasteiger partial charge in [0, 0.05) is 0 Å². The number of halogens is 1. The molecule has 0 amide bonds. The predicted molar refractivity (Wildman–Crippen MR) is 93.2 cm³/mol. The predicted octanol–water partition coefficient (Wildman–Crippen LogP) is 3.63. The Balaban J connectivity index is 2.03. The van der Waals surface area contributed by atoms with Gasteiger partial charge in [-0.05, 0) is 46.6 Å². The number of carbonyl (C=O) groups excluding carboxylic acids is 1. The van der Waals surface area contributed by atoms with Gasteiger partial charge >= 0.3 is 5.95 Å². The van der Waals surface area contributed by atoms with Gasteiger partial charge in [0.1, 0.15) is 17.6 Å². The summed E-state index contributed by atoms with van der Waals surface area (Å²) in [6, 6.07) is 11.8. The summed E-state index contributed by atoms with van der Waals surface area (Å²) in [4.78, 5) is 13.2. The smallest absolute Gasteiger partial charge is 0.290 e. The van der Waals surface area contributed by atoms with Gasteiger partial charge in [-0.15, -0.1) is 11.3 Å². The summed E-state index contributed by atoms with van der Waals surface area (Å²) in [6.45, 7) is 3.22. The van der Waals surface area contributed by atoms with Crippen LogP contribution >= 0.6 is 27.3 Å². The second-order valence-corrected chi connectivity index (χ2v) is 7.57. The van der Waals surface area contributed by atoms with Crippen molar-refractivity contribution >= 4 is 50.0 Å². The number of aromatic nitrogens is 2. The average molecular weight is 379 g/mol. The fraction of sp³-hybridized carbons (Fsp3) is 0.250. The number of thiophene rings is 1. The molecule has 22 heavy (non-hydrogen) atoms. The van der Waals surface area contributed by atoms with Gasteiger partial charge in [-0.2, -0.15) is 0 Å². The van der Waals surface area contributed by atoms with Gasteiger partial charge in [0.2, 0.25) is 5.78 Å². The maximum Gasteiger partial charge on any atom is 0.356 e. The number of nitrogens with zero attached hydrogens (tertiary/aromatic N) is 2. The minimum atomic E-state index is 0.0757. The molecule has 2 heterocycles. The third-order valence-corrected chi connectivity index (χ3v) is 5.28. The van der Waals surface area contributed by atoms with Crippen LogP contribution in [0.5, 0.6) is 0 Å². The summed E-state index contributed by atoms with van der Waals surface area (Å²) in [5.41, 5.74) is 8.37. The number of hydrogen-bond donors (Lipinski definition) is 1. The van der Waals surface area contributed by atoms with Crippen LogP contribution in [0.15, 0.2) is 40.2 Å². The number of benzene rings is 1. The van der Waals surface area contributed by atoms with Gasteiger partial charge in [0.15, 0.2) is 0 Å². The summed E-state index contributed by atoms with van der Waals surface area (Å²) in [7, 11) is 0. The van der Waals surface area contributed by atoms with Crippen LogP contribution in [0.1, 0.15) is 23.0 Å². The maximum atomic E-state index is 12.5. The lowest BCUT2D eigenvalue weighted by Crippen LogP contribution is -2.40. The Bertz CT molecular complexity index is 837. The largest absolute Gasteiger partial charge is 0.356 e. The van der Waals surface area contributed by atoms with Crippen molar-refractivity contribution in [3.05, 3.63) is 45.1 Å². The summed E-state index contributed by atoms with van der Waals surface area (Å²) in [5.74, 6) is 0.707. The number of aryl methyl sites for hydroxylation is 1. The number of Topliss-reactive ketones (excluding diaryl/α,β-unsaturated/α-hetero) is 1.